The number of carboxylic acids is 1. The fraction of sp³-hybridized carbons (Fsp3) is 0.185. The SMILES string of the molecule is COc1ccc(-c2cc(C[C@H](C(=O)O)c3cccc(OC)c3)nn2-c2ccc(OC)cc2)cc1. The summed E-state index contributed by atoms with van der Waals surface area (Å²) >= 11 is 0. The summed E-state index contributed by atoms with van der Waals surface area (Å²) < 4.78 is 17.7. The van der Waals surface area contributed by atoms with Crippen molar-refractivity contribution in [3.8, 4) is 34.2 Å². The number of hydrogen-bond donors (Lipinski definition) is 1. The van der Waals surface area contributed by atoms with Crippen molar-refractivity contribution >= 4 is 5.97 Å². The average Bonchev–Trinajstić information content (AvgIpc) is 3.31. The van der Waals surface area contributed by atoms with Crippen molar-refractivity contribution in [2.24, 2.45) is 0 Å². The zero-order valence-electron chi connectivity index (χ0n) is 19.3. The lowest BCUT2D eigenvalue weighted by atomic mass is 9.94. The maximum Gasteiger partial charge on any atom is 0.311 e. The molecule has 34 heavy (non-hydrogen) atoms. The Hall–Kier alpha value is -4.26. The fourth-order valence-electron chi connectivity index (χ4n) is 3.83. The van der Waals surface area contributed by atoms with Crippen molar-refractivity contribution in [1.82, 2.24) is 9.78 Å². The molecule has 1 aromatic heterocycles. The number of carboxylic acid groups (broad SMARTS) is 1. The normalized spacial score (nSPS) is 11.6. The number of methoxy groups -OCH3 is 3. The maximum atomic E-state index is 12.2. The molecule has 0 unspecified atom stereocenters. The van der Waals surface area contributed by atoms with Crippen molar-refractivity contribution in [2.75, 3.05) is 21.3 Å². The van der Waals surface area contributed by atoms with Gasteiger partial charge in [0.25, 0.3) is 0 Å². The molecule has 4 aromatic rings. The van der Waals surface area contributed by atoms with Crippen LogP contribution >= 0.6 is 0 Å². The molecule has 7 heteroatoms. The first-order valence-electron chi connectivity index (χ1n) is 10.8. The molecule has 0 radical (unpaired) electrons. The molecule has 0 fully saturated rings. The third kappa shape index (κ3) is 4.88. The lowest BCUT2D eigenvalue weighted by Gasteiger charge is -2.12. The Morgan fingerprint density at radius 3 is 2.06 bits per heavy atom. The van der Waals surface area contributed by atoms with Crippen LogP contribution < -0.4 is 14.2 Å². The van der Waals surface area contributed by atoms with Gasteiger partial charge >= 0.3 is 5.97 Å². The van der Waals surface area contributed by atoms with Gasteiger partial charge in [-0.15, -0.1) is 0 Å². The van der Waals surface area contributed by atoms with Crippen LogP contribution in [0.25, 0.3) is 16.9 Å². The van der Waals surface area contributed by atoms with Gasteiger partial charge in [0, 0.05) is 12.0 Å². The van der Waals surface area contributed by atoms with E-state index in [9.17, 15) is 9.90 Å². The third-order valence-electron chi connectivity index (χ3n) is 5.67. The predicted molar refractivity (Wildman–Crippen MR) is 129 cm³/mol. The van der Waals surface area contributed by atoms with Gasteiger partial charge in [-0.2, -0.15) is 5.10 Å². The molecular formula is C27H26N2O5. The number of rotatable bonds is 9. The molecule has 0 bridgehead atoms. The Morgan fingerprint density at radius 2 is 1.47 bits per heavy atom. The second kappa shape index (κ2) is 10.1. The Labute approximate surface area is 198 Å². The Bertz CT molecular complexity index is 1200. The van der Waals surface area contributed by atoms with Gasteiger partial charge in [0.15, 0.2) is 0 Å². The summed E-state index contributed by atoms with van der Waals surface area (Å²) in [4.78, 5) is 12.2. The number of hydrogen-bond acceptors (Lipinski definition) is 5. The molecule has 1 N–H and O–H groups in total. The largest absolute Gasteiger partial charge is 0.497 e. The van der Waals surface area contributed by atoms with Crippen LogP contribution in [0.1, 0.15) is 17.2 Å². The highest BCUT2D eigenvalue weighted by Gasteiger charge is 2.23. The van der Waals surface area contributed by atoms with Crippen molar-refractivity contribution < 1.29 is 24.1 Å². The van der Waals surface area contributed by atoms with Gasteiger partial charge in [0.2, 0.25) is 0 Å². The predicted octanol–water partition coefficient (Wildman–Crippen LogP) is 4.98. The van der Waals surface area contributed by atoms with Crippen LogP contribution in [0.3, 0.4) is 0 Å². The highest BCUT2D eigenvalue weighted by molar-refractivity contribution is 5.77. The smallest absolute Gasteiger partial charge is 0.311 e. The molecule has 7 nitrogen and oxygen atoms in total. The van der Waals surface area contributed by atoms with Crippen LogP contribution in [-0.4, -0.2) is 42.2 Å². The number of aromatic nitrogens is 2. The first kappa shape index (κ1) is 22.9. The summed E-state index contributed by atoms with van der Waals surface area (Å²) in [7, 11) is 4.81. The molecule has 1 heterocycles. The van der Waals surface area contributed by atoms with E-state index < -0.39 is 11.9 Å². The van der Waals surface area contributed by atoms with Gasteiger partial charge in [0.05, 0.1) is 44.3 Å². The second-order valence-corrected chi connectivity index (χ2v) is 7.73. The summed E-state index contributed by atoms with van der Waals surface area (Å²) in [5.74, 6) is 0.428. The lowest BCUT2D eigenvalue weighted by Crippen LogP contribution is -2.15. The van der Waals surface area contributed by atoms with Crippen LogP contribution in [0.4, 0.5) is 0 Å². The van der Waals surface area contributed by atoms with Gasteiger partial charge in [0.1, 0.15) is 17.2 Å². The Morgan fingerprint density at radius 1 is 0.853 bits per heavy atom. The van der Waals surface area contributed by atoms with Crippen molar-refractivity contribution in [2.45, 2.75) is 12.3 Å². The Kier molecular flexibility index (Phi) is 6.82. The van der Waals surface area contributed by atoms with Crippen LogP contribution in [-0.2, 0) is 11.2 Å². The molecule has 1 atom stereocenters. The fourth-order valence-corrected chi connectivity index (χ4v) is 3.83. The van der Waals surface area contributed by atoms with E-state index in [-0.39, 0.29) is 6.42 Å². The van der Waals surface area contributed by atoms with Crippen molar-refractivity contribution in [3.05, 3.63) is 90.1 Å². The summed E-state index contributed by atoms with van der Waals surface area (Å²) in [5.41, 5.74) is 3.95. The zero-order valence-corrected chi connectivity index (χ0v) is 19.3. The van der Waals surface area contributed by atoms with E-state index in [2.05, 4.69) is 0 Å². The standard InChI is InChI=1S/C27H26N2O5/c1-32-22-11-7-18(8-12-22)26-17-20(28-29(26)21-9-13-23(33-2)14-10-21)16-25(27(30)31)19-5-4-6-24(15-19)34-3/h4-15,17,25H,16H2,1-3H3,(H,30,31)/t25-/m0/s1. The van der Waals surface area contributed by atoms with E-state index >= 15 is 0 Å². The highest BCUT2D eigenvalue weighted by atomic mass is 16.5. The molecule has 0 aliphatic rings. The lowest BCUT2D eigenvalue weighted by molar-refractivity contribution is -0.138. The number of ether oxygens (including phenoxy) is 3. The zero-order chi connectivity index (χ0) is 24.1. The molecule has 0 saturated carbocycles. The first-order valence-corrected chi connectivity index (χ1v) is 10.8. The maximum absolute atomic E-state index is 12.2. The second-order valence-electron chi connectivity index (χ2n) is 7.73. The molecule has 0 aliphatic heterocycles. The number of aliphatic carboxylic acids is 1. The molecule has 3 aromatic carbocycles. The molecule has 0 amide bonds. The van der Waals surface area contributed by atoms with Gasteiger partial charge < -0.3 is 19.3 Å². The van der Waals surface area contributed by atoms with Crippen LogP contribution in [0.2, 0.25) is 0 Å². The topological polar surface area (TPSA) is 82.8 Å². The van der Waals surface area contributed by atoms with Crippen LogP contribution in [0.15, 0.2) is 78.9 Å². The number of carbonyl (C=O) groups is 1. The van der Waals surface area contributed by atoms with Gasteiger partial charge in [-0.05, 0) is 72.3 Å². The molecular weight excluding hydrogens is 432 g/mol. The van der Waals surface area contributed by atoms with E-state index in [1.807, 2.05) is 59.3 Å². The quantitative estimate of drug-likeness (QED) is 0.381. The third-order valence-corrected chi connectivity index (χ3v) is 5.67. The molecule has 0 aliphatic carbocycles. The molecule has 4 rings (SSSR count). The van der Waals surface area contributed by atoms with Crippen molar-refractivity contribution in [3.63, 3.8) is 0 Å². The average molecular weight is 459 g/mol. The van der Waals surface area contributed by atoms with Crippen molar-refractivity contribution in [1.29, 1.82) is 0 Å². The number of benzene rings is 3. The summed E-state index contributed by atoms with van der Waals surface area (Å²) in [6.45, 7) is 0. The van der Waals surface area contributed by atoms with Gasteiger partial charge in [-0.1, -0.05) is 12.1 Å². The van der Waals surface area contributed by atoms with E-state index in [1.165, 1.54) is 0 Å². The summed E-state index contributed by atoms with van der Waals surface area (Å²) in [5, 5.41) is 14.8. The van der Waals surface area contributed by atoms with Crippen LogP contribution in [0, 0.1) is 0 Å². The van der Waals surface area contributed by atoms with Crippen LogP contribution in [0.5, 0.6) is 17.2 Å². The molecule has 0 spiro atoms. The first-order chi connectivity index (χ1) is 16.5. The molecule has 174 valence electrons. The van der Waals surface area contributed by atoms with E-state index in [4.69, 9.17) is 19.3 Å². The minimum absolute atomic E-state index is 0.231. The minimum atomic E-state index is -0.918. The molecule has 0 saturated heterocycles. The van der Waals surface area contributed by atoms with E-state index in [0.717, 1.165) is 28.4 Å². The van der Waals surface area contributed by atoms with E-state index in [0.29, 0.717) is 17.0 Å². The summed E-state index contributed by atoms with van der Waals surface area (Å²) in [6.07, 6.45) is 0.231. The Balaban J connectivity index is 1.76. The van der Waals surface area contributed by atoms with E-state index in [1.54, 1.807) is 45.6 Å². The van der Waals surface area contributed by atoms with Gasteiger partial charge in [-0.3, -0.25) is 4.79 Å². The number of nitrogens with zero attached hydrogens (tertiary/aromatic N) is 2. The summed E-state index contributed by atoms with van der Waals surface area (Å²) in [6, 6.07) is 24.3. The minimum Gasteiger partial charge on any atom is -0.497 e. The monoisotopic (exact) mass is 458 g/mol. The van der Waals surface area contributed by atoms with Gasteiger partial charge in [-0.25, -0.2) is 4.68 Å². The highest BCUT2D eigenvalue weighted by Crippen LogP contribution is 2.30.